The van der Waals surface area contributed by atoms with E-state index in [0.29, 0.717) is 12.6 Å². The summed E-state index contributed by atoms with van der Waals surface area (Å²) in [5.41, 5.74) is 2.45. The van der Waals surface area contributed by atoms with Crippen LogP contribution in [0.4, 0.5) is 5.69 Å². The van der Waals surface area contributed by atoms with Crippen molar-refractivity contribution in [2.75, 3.05) is 45.4 Å². The largest absolute Gasteiger partial charge is 0.385 e. The average molecular weight is 295 g/mol. The molecule has 1 aromatic rings. The Morgan fingerprint density at radius 3 is 2.62 bits per heavy atom. The highest BCUT2D eigenvalue weighted by Gasteiger charge is 2.11. The Bertz CT molecular complexity index is 386. The molecule has 0 aliphatic heterocycles. The molecule has 120 valence electrons. The predicted molar refractivity (Wildman–Crippen MR) is 86.8 cm³/mol. The highest BCUT2D eigenvalue weighted by atomic mass is 16.5. The lowest BCUT2D eigenvalue weighted by Gasteiger charge is -2.27. The van der Waals surface area contributed by atoms with E-state index in [-0.39, 0.29) is 0 Å². The van der Waals surface area contributed by atoms with Crippen molar-refractivity contribution in [1.29, 1.82) is 0 Å². The van der Waals surface area contributed by atoms with Crippen LogP contribution in [-0.2, 0) is 16.0 Å². The maximum absolute atomic E-state index is 5.23. The minimum Gasteiger partial charge on any atom is -0.385 e. The molecule has 5 nitrogen and oxygen atoms in total. The quantitative estimate of drug-likeness (QED) is 0.633. The van der Waals surface area contributed by atoms with Gasteiger partial charge in [-0.1, -0.05) is 13.8 Å². The van der Waals surface area contributed by atoms with Crippen molar-refractivity contribution in [3.8, 4) is 0 Å². The maximum Gasteiger partial charge on any atom is 0.0637 e. The van der Waals surface area contributed by atoms with Crippen LogP contribution < -0.4 is 10.2 Å². The zero-order valence-corrected chi connectivity index (χ0v) is 13.8. The van der Waals surface area contributed by atoms with Crippen molar-refractivity contribution in [2.24, 2.45) is 0 Å². The monoisotopic (exact) mass is 295 g/mol. The zero-order chi connectivity index (χ0) is 15.5. The molecule has 1 aromatic heterocycles. The smallest absolute Gasteiger partial charge is 0.0637 e. The Morgan fingerprint density at radius 2 is 1.95 bits per heavy atom. The van der Waals surface area contributed by atoms with E-state index in [1.54, 1.807) is 14.2 Å². The van der Waals surface area contributed by atoms with Crippen molar-refractivity contribution < 1.29 is 9.47 Å². The van der Waals surface area contributed by atoms with Crippen LogP contribution >= 0.6 is 0 Å². The van der Waals surface area contributed by atoms with Gasteiger partial charge in [-0.2, -0.15) is 0 Å². The van der Waals surface area contributed by atoms with Crippen molar-refractivity contribution in [1.82, 2.24) is 10.3 Å². The molecule has 0 saturated carbocycles. The third kappa shape index (κ3) is 6.89. The molecule has 0 aromatic carbocycles. The summed E-state index contributed by atoms with van der Waals surface area (Å²) in [6, 6.07) is 2.54. The van der Waals surface area contributed by atoms with E-state index >= 15 is 0 Å². The molecule has 5 heteroatoms. The lowest BCUT2D eigenvalue weighted by Crippen LogP contribution is -2.31. The lowest BCUT2D eigenvalue weighted by atomic mass is 10.2. The van der Waals surface area contributed by atoms with Gasteiger partial charge >= 0.3 is 0 Å². The van der Waals surface area contributed by atoms with E-state index in [1.807, 2.05) is 12.4 Å². The van der Waals surface area contributed by atoms with E-state index in [2.05, 4.69) is 35.1 Å². The molecule has 0 aliphatic carbocycles. The normalized spacial score (nSPS) is 11.1. The third-order valence-corrected chi connectivity index (χ3v) is 3.26. The summed E-state index contributed by atoms with van der Waals surface area (Å²) in [5, 5.41) is 3.46. The second-order valence-corrected chi connectivity index (χ2v) is 5.37. The number of rotatable bonds is 11. The number of hydrogen-bond donors (Lipinski definition) is 1. The molecule has 1 N–H and O–H groups in total. The van der Waals surface area contributed by atoms with Crippen LogP contribution in [0.3, 0.4) is 0 Å². The number of hydrogen-bond acceptors (Lipinski definition) is 5. The van der Waals surface area contributed by atoms with Crippen molar-refractivity contribution in [3.05, 3.63) is 24.0 Å². The van der Waals surface area contributed by atoms with E-state index in [1.165, 1.54) is 11.3 Å². The number of aromatic nitrogens is 1. The fourth-order valence-corrected chi connectivity index (χ4v) is 2.13. The van der Waals surface area contributed by atoms with Gasteiger partial charge < -0.3 is 19.7 Å². The molecule has 0 spiro atoms. The molecule has 0 aliphatic rings. The second-order valence-electron chi connectivity index (χ2n) is 5.37. The summed E-state index contributed by atoms with van der Waals surface area (Å²) in [5.74, 6) is 0. The Labute approximate surface area is 128 Å². The van der Waals surface area contributed by atoms with Crippen LogP contribution in [0.1, 0.15) is 25.8 Å². The fourth-order valence-electron chi connectivity index (χ4n) is 2.13. The molecule has 0 amide bonds. The Morgan fingerprint density at radius 1 is 1.19 bits per heavy atom. The van der Waals surface area contributed by atoms with Gasteiger partial charge in [0.1, 0.15) is 0 Å². The number of ether oxygens (including phenoxy) is 2. The minimum absolute atomic E-state index is 0.457. The molecular weight excluding hydrogens is 266 g/mol. The van der Waals surface area contributed by atoms with Gasteiger partial charge in [-0.15, -0.1) is 0 Å². The summed E-state index contributed by atoms with van der Waals surface area (Å²) in [7, 11) is 3.48. The molecule has 0 radical (unpaired) electrons. The number of pyridine rings is 1. The summed E-state index contributed by atoms with van der Waals surface area (Å²) < 4.78 is 10.4. The lowest BCUT2D eigenvalue weighted by molar-refractivity contribution is 0.191. The van der Waals surface area contributed by atoms with Crippen molar-refractivity contribution in [2.45, 2.75) is 32.9 Å². The molecule has 0 unspecified atom stereocenters. The highest BCUT2D eigenvalue weighted by molar-refractivity contribution is 5.52. The van der Waals surface area contributed by atoms with Crippen LogP contribution in [0.25, 0.3) is 0 Å². The van der Waals surface area contributed by atoms with E-state index in [9.17, 15) is 0 Å². The minimum atomic E-state index is 0.457. The standard InChI is InChI=1S/C16H29N3O2/c1-14(2)18-13-15-12-17-7-6-16(15)19(9-11-21-4)8-5-10-20-3/h6-7,12,14,18H,5,8-11,13H2,1-4H3. The van der Waals surface area contributed by atoms with Crippen LogP contribution in [0.15, 0.2) is 18.5 Å². The van der Waals surface area contributed by atoms with Crippen LogP contribution in [0.5, 0.6) is 0 Å². The Balaban J connectivity index is 2.78. The summed E-state index contributed by atoms with van der Waals surface area (Å²) >= 11 is 0. The van der Waals surface area contributed by atoms with Gasteiger partial charge in [-0.05, 0) is 12.5 Å². The Kier molecular flexibility index (Phi) is 8.98. The van der Waals surface area contributed by atoms with Gasteiger partial charge in [0.2, 0.25) is 0 Å². The average Bonchev–Trinajstić information content (AvgIpc) is 2.49. The van der Waals surface area contributed by atoms with Crippen LogP contribution in [0, 0.1) is 0 Å². The maximum atomic E-state index is 5.23. The number of nitrogens with one attached hydrogen (secondary N) is 1. The van der Waals surface area contributed by atoms with Gasteiger partial charge in [0.25, 0.3) is 0 Å². The summed E-state index contributed by atoms with van der Waals surface area (Å²) in [6.45, 7) is 8.44. The van der Waals surface area contributed by atoms with Gasteiger partial charge in [0, 0.05) is 70.1 Å². The van der Waals surface area contributed by atoms with Crippen LogP contribution in [0.2, 0.25) is 0 Å². The van der Waals surface area contributed by atoms with Gasteiger partial charge in [0.15, 0.2) is 0 Å². The molecule has 0 atom stereocenters. The highest BCUT2D eigenvalue weighted by Crippen LogP contribution is 2.19. The first kappa shape index (κ1) is 17.9. The first-order chi connectivity index (χ1) is 10.2. The number of anilines is 1. The molecule has 1 rings (SSSR count). The first-order valence-corrected chi connectivity index (χ1v) is 7.58. The van der Waals surface area contributed by atoms with Gasteiger partial charge in [-0.3, -0.25) is 4.98 Å². The topological polar surface area (TPSA) is 46.6 Å². The molecule has 0 saturated heterocycles. The fraction of sp³-hybridized carbons (Fsp3) is 0.688. The van der Waals surface area contributed by atoms with Crippen LogP contribution in [-0.4, -0.2) is 51.5 Å². The molecular formula is C16H29N3O2. The number of nitrogens with zero attached hydrogens (tertiary/aromatic N) is 2. The molecule has 0 bridgehead atoms. The Hall–Kier alpha value is -1.17. The van der Waals surface area contributed by atoms with E-state index < -0.39 is 0 Å². The van der Waals surface area contributed by atoms with Gasteiger partial charge in [0.05, 0.1) is 6.61 Å². The SMILES string of the molecule is COCCCN(CCOC)c1ccncc1CNC(C)C. The summed E-state index contributed by atoms with van der Waals surface area (Å²) in [6.07, 6.45) is 4.80. The molecule has 1 heterocycles. The first-order valence-electron chi connectivity index (χ1n) is 7.58. The molecule has 0 fully saturated rings. The summed E-state index contributed by atoms with van der Waals surface area (Å²) in [4.78, 5) is 6.61. The van der Waals surface area contributed by atoms with E-state index in [4.69, 9.17) is 9.47 Å². The molecule has 21 heavy (non-hydrogen) atoms. The third-order valence-electron chi connectivity index (χ3n) is 3.26. The van der Waals surface area contributed by atoms with E-state index in [0.717, 1.165) is 32.7 Å². The second kappa shape index (κ2) is 10.5. The predicted octanol–water partition coefficient (Wildman–Crippen LogP) is 2.07. The zero-order valence-electron chi connectivity index (χ0n) is 13.8. The van der Waals surface area contributed by atoms with Crippen molar-refractivity contribution >= 4 is 5.69 Å². The number of methoxy groups -OCH3 is 2. The van der Waals surface area contributed by atoms with Gasteiger partial charge in [-0.25, -0.2) is 0 Å². The van der Waals surface area contributed by atoms with Crippen molar-refractivity contribution in [3.63, 3.8) is 0 Å².